The zero-order valence-corrected chi connectivity index (χ0v) is 15.3. The molecule has 2 rings (SSSR count). The first kappa shape index (κ1) is 17.4. The Kier molecular flexibility index (Phi) is 5.00. The van der Waals surface area contributed by atoms with Crippen LogP contribution in [0.4, 0.5) is 0 Å². The molecule has 0 aliphatic carbocycles. The molecule has 0 N–H and O–H groups in total. The van der Waals surface area contributed by atoms with Gasteiger partial charge in [-0.3, -0.25) is 0 Å². The molecule has 0 saturated carbocycles. The Morgan fingerprint density at radius 3 is 2.00 bits per heavy atom. The van der Waals surface area contributed by atoms with Gasteiger partial charge in [-0.05, 0) is 68.9 Å². The molecule has 0 radical (unpaired) electrons. The number of sulfonamides is 1. The molecule has 1 fully saturated rings. The third-order valence-electron chi connectivity index (χ3n) is 5.09. The van der Waals surface area contributed by atoms with Gasteiger partial charge in [0, 0.05) is 13.1 Å². The van der Waals surface area contributed by atoms with Gasteiger partial charge in [-0.2, -0.15) is 4.31 Å². The number of rotatable bonds is 3. The molecule has 0 spiro atoms. The Morgan fingerprint density at radius 1 is 1.00 bits per heavy atom. The fourth-order valence-electron chi connectivity index (χ4n) is 3.14. The summed E-state index contributed by atoms with van der Waals surface area (Å²) in [5.74, 6) is 0. The highest BCUT2D eigenvalue weighted by molar-refractivity contribution is 7.89. The van der Waals surface area contributed by atoms with Gasteiger partial charge >= 0.3 is 0 Å². The fraction of sp³-hybridized carbons (Fsp3) is 0.647. The van der Waals surface area contributed by atoms with Crippen molar-refractivity contribution >= 4 is 10.0 Å². The molecule has 1 aliphatic heterocycles. The second kappa shape index (κ2) is 6.30. The summed E-state index contributed by atoms with van der Waals surface area (Å²) in [6, 6.07) is 0. The molecule has 0 unspecified atom stereocenters. The topological polar surface area (TPSA) is 46.6 Å². The number of morpholine rings is 1. The third-order valence-corrected chi connectivity index (χ3v) is 7.23. The van der Waals surface area contributed by atoms with E-state index < -0.39 is 10.0 Å². The van der Waals surface area contributed by atoms with Crippen LogP contribution in [-0.2, 0) is 14.8 Å². The van der Waals surface area contributed by atoms with Crippen molar-refractivity contribution in [2.75, 3.05) is 19.7 Å². The summed E-state index contributed by atoms with van der Waals surface area (Å²) in [6.45, 7) is 13.3. The standard InChI is InChI=1S/C17H27NO3S/c1-7-16-10-18(8-9-21-16)22(19,20)17-14(5)12(3)11(2)13(4)15(17)6/h16H,7-10H2,1-6H3/t16-/m1/s1. The van der Waals surface area contributed by atoms with Gasteiger partial charge in [-0.15, -0.1) is 0 Å². The molecule has 1 heterocycles. The van der Waals surface area contributed by atoms with Gasteiger partial charge in [-0.25, -0.2) is 8.42 Å². The van der Waals surface area contributed by atoms with Crippen molar-refractivity contribution in [2.45, 2.75) is 59.0 Å². The van der Waals surface area contributed by atoms with Gasteiger partial charge in [0.2, 0.25) is 10.0 Å². The lowest BCUT2D eigenvalue weighted by atomic mass is 9.95. The van der Waals surface area contributed by atoms with Gasteiger partial charge < -0.3 is 4.74 Å². The van der Waals surface area contributed by atoms with Gasteiger partial charge in [0.25, 0.3) is 0 Å². The maximum atomic E-state index is 13.2. The molecule has 5 heteroatoms. The average molecular weight is 325 g/mol. The minimum absolute atomic E-state index is 0.00298. The average Bonchev–Trinajstić information content (AvgIpc) is 2.51. The molecule has 4 nitrogen and oxygen atoms in total. The van der Waals surface area contributed by atoms with Crippen LogP contribution < -0.4 is 0 Å². The predicted molar refractivity (Wildman–Crippen MR) is 88.9 cm³/mol. The number of ether oxygens (including phenoxy) is 1. The lowest BCUT2D eigenvalue weighted by Crippen LogP contribution is -2.45. The number of hydrogen-bond donors (Lipinski definition) is 0. The van der Waals surface area contributed by atoms with E-state index in [2.05, 4.69) is 6.92 Å². The van der Waals surface area contributed by atoms with Crippen LogP contribution in [-0.4, -0.2) is 38.5 Å². The van der Waals surface area contributed by atoms with Crippen LogP contribution in [0.3, 0.4) is 0 Å². The maximum absolute atomic E-state index is 13.2. The Hall–Kier alpha value is -0.910. The normalized spacial score (nSPS) is 20.4. The van der Waals surface area contributed by atoms with Crippen molar-refractivity contribution in [3.8, 4) is 0 Å². The van der Waals surface area contributed by atoms with E-state index in [0.717, 1.165) is 28.7 Å². The van der Waals surface area contributed by atoms with Gasteiger partial charge in [0.1, 0.15) is 0 Å². The van der Waals surface area contributed by atoms with Crippen LogP contribution in [0.2, 0.25) is 0 Å². The third kappa shape index (κ3) is 2.82. The lowest BCUT2D eigenvalue weighted by molar-refractivity contribution is -0.00280. The molecular formula is C17H27NO3S. The molecule has 22 heavy (non-hydrogen) atoms. The minimum atomic E-state index is -3.47. The van der Waals surface area contributed by atoms with E-state index in [9.17, 15) is 8.42 Å². The molecule has 124 valence electrons. The van der Waals surface area contributed by atoms with Crippen LogP contribution >= 0.6 is 0 Å². The summed E-state index contributed by atoms with van der Waals surface area (Å²) in [6.07, 6.45) is 0.826. The molecule has 1 aromatic rings. The van der Waals surface area contributed by atoms with Crippen molar-refractivity contribution in [3.63, 3.8) is 0 Å². The first-order valence-electron chi connectivity index (χ1n) is 7.90. The second-order valence-electron chi connectivity index (χ2n) is 6.22. The van der Waals surface area contributed by atoms with Crippen molar-refractivity contribution < 1.29 is 13.2 Å². The van der Waals surface area contributed by atoms with Crippen LogP contribution in [0.25, 0.3) is 0 Å². The Morgan fingerprint density at radius 2 is 1.50 bits per heavy atom. The van der Waals surface area contributed by atoms with Crippen molar-refractivity contribution in [1.82, 2.24) is 4.31 Å². The quantitative estimate of drug-likeness (QED) is 0.858. The van der Waals surface area contributed by atoms with Gasteiger partial charge in [0.15, 0.2) is 0 Å². The highest BCUT2D eigenvalue weighted by Gasteiger charge is 2.33. The summed E-state index contributed by atoms with van der Waals surface area (Å²) in [5, 5.41) is 0. The van der Waals surface area contributed by atoms with Crippen LogP contribution in [0.1, 0.15) is 41.2 Å². The van der Waals surface area contributed by atoms with E-state index in [1.54, 1.807) is 4.31 Å². The molecular weight excluding hydrogens is 298 g/mol. The maximum Gasteiger partial charge on any atom is 0.243 e. The Balaban J connectivity index is 2.55. The van der Waals surface area contributed by atoms with E-state index in [0.29, 0.717) is 24.6 Å². The van der Waals surface area contributed by atoms with Gasteiger partial charge in [0.05, 0.1) is 17.6 Å². The SMILES string of the molecule is CC[C@@H]1CN(S(=O)(=O)c2c(C)c(C)c(C)c(C)c2C)CCO1. The van der Waals surface area contributed by atoms with Crippen LogP contribution in [0, 0.1) is 34.6 Å². The summed E-state index contributed by atoms with van der Waals surface area (Å²) in [7, 11) is -3.47. The lowest BCUT2D eigenvalue weighted by Gasteiger charge is -2.33. The highest BCUT2D eigenvalue weighted by Crippen LogP contribution is 2.32. The predicted octanol–water partition coefficient (Wildman–Crippen LogP) is 3.03. The number of nitrogens with zero attached hydrogens (tertiary/aromatic N) is 1. The molecule has 0 bridgehead atoms. The Labute approximate surface area is 134 Å². The second-order valence-corrected chi connectivity index (χ2v) is 8.09. The fourth-order valence-corrected chi connectivity index (χ4v) is 5.15. The largest absolute Gasteiger partial charge is 0.375 e. The zero-order valence-electron chi connectivity index (χ0n) is 14.5. The van der Waals surface area contributed by atoms with E-state index in [1.807, 2.05) is 34.6 Å². The molecule has 1 atom stereocenters. The first-order valence-corrected chi connectivity index (χ1v) is 9.34. The molecule has 1 aromatic carbocycles. The number of hydrogen-bond acceptors (Lipinski definition) is 3. The summed E-state index contributed by atoms with van der Waals surface area (Å²) >= 11 is 0. The van der Waals surface area contributed by atoms with Crippen molar-refractivity contribution in [1.29, 1.82) is 0 Å². The van der Waals surface area contributed by atoms with E-state index in [1.165, 1.54) is 5.56 Å². The number of benzene rings is 1. The van der Waals surface area contributed by atoms with E-state index >= 15 is 0 Å². The molecule has 1 saturated heterocycles. The first-order chi connectivity index (χ1) is 10.2. The van der Waals surface area contributed by atoms with Crippen LogP contribution in [0.15, 0.2) is 4.90 Å². The molecule has 0 aromatic heterocycles. The summed E-state index contributed by atoms with van der Waals surface area (Å²) < 4.78 is 33.6. The van der Waals surface area contributed by atoms with Gasteiger partial charge in [-0.1, -0.05) is 6.92 Å². The highest BCUT2D eigenvalue weighted by atomic mass is 32.2. The van der Waals surface area contributed by atoms with E-state index in [4.69, 9.17) is 4.74 Å². The van der Waals surface area contributed by atoms with Crippen molar-refractivity contribution in [2.24, 2.45) is 0 Å². The van der Waals surface area contributed by atoms with Crippen LogP contribution in [0.5, 0.6) is 0 Å². The minimum Gasteiger partial charge on any atom is -0.375 e. The molecule has 0 amide bonds. The summed E-state index contributed by atoms with van der Waals surface area (Å²) in [4.78, 5) is 0.491. The van der Waals surface area contributed by atoms with E-state index in [-0.39, 0.29) is 6.10 Å². The summed E-state index contributed by atoms with van der Waals surface area (Å²) in [5.41, 5.74) is 5.08. The zero-order chi connectivity index (χ0) is 16.7. The molecule has 1 aliphatic rings. The monoisotopic (exact) mass is 325 g/mol. The Bertz CT molecular complexity index is 651. The smallest absolute Gasteiger partial charge is 0.243 e. The van der Waals surface area contributed by atoms with Crippen molar-refractivity contribution in [3.05, 3.63) is 27.8 Å².